The molecule has 1 aliphatic carbocycles. The minimum absolute atomic E-state index is 0.0189. The van der Waals surface area contributed by atoms with Crippen LogP contribution in [0.1, 0.15) is 86.3 Å². The van der Waals surface area contributed by atoms with E-state index in [0.717, 1.165) is 30.8 Å². The van der Waals surface area contributed by atoms with E-state index in [9.17, 15) is 9.59 Å². The number of rotatable bonds is 6. The largest absolute Gasteiger partial charge is 0.487 e. The summed E-state index contributed by atoms with van der Waals surface area (Å²) in [6.45, 7) is 17.4. The van der Waals surface area contributed by atoms with Gasteiger partial charge in [-0.3, -0.25) is 14.5 Å². The molecule has 2 amide bonds. The first-order valence-corrected chi connectivity index (χ1v) is 14.0. The summed E-state index contributed by atoms with van der Waals surface area (Å²) in [6, 6.07) is 7.85. The minimum atomic E-state index is -0.461. The lowest BCUT2D eigenvalue weighted by atomic mass is 9.81. The van der Waals surface area contributed by atoms with Gasteiger partial charge in [0.15, 0.2) is 5.96 Å². The van der Waals surface area contributed by atoms with Crippen LogP contribution in [-0.2, 0) is 14.3 Å². The maximum atomic E-state index is 13.1. The molecule has 0 radical (unpaired) electrons. The zero-order chi connectivity index (χ0) is 30.0. The molecule has 1 saturated carbocycles. The molecule has 1 aromatic rings. The van der Waals surface area contributed by atoms with Gasteiger partial charge in [-0.25, -0.2) is 4.99 Å². The van der Waals surface area contributed by atoms with Gasteiger partial charge in [-0.2, -0.15) is 0 Å². The van der Waals surface area contributed by atoms with Gasteiger partial charge in [-0.1, -0.05) is 45.9 Å². The van der Waals surface area contributed by atoms with E-state index in [0.29, 0.717) is 18.9 Å². The topological polar surface area (TPSA) is 106 Å². The maximum Gasteiger partial charge on any atom is 0.231 e. The van der Waals surface area contributed by atoms with Crippen molar-refractivity contribution in [2.75, 3.05) is 20.3 Å². The van der Waals surface area contributed by atoms with E-state index in [1.54, 1.807) is 12.0 Å². The fourth-order valence-corrected chi connectivity index (χ4v) is 4.63. The highest BCUT2D eigenvalue weighted by Crippen LogP contribution is 2.45. The van der Waals surface area contributed by atoms with Gasteiger partial charge in [-0.05, 0) is 52.0 Å². The van der Waals surface area contributed by atoms with Crippen molar-refractivity contribution in [1.29, 1.82) is 0 Å². The lowest BCUT2D eigenvalue weighted by Gasteiger charge is -2.42. The number of hydrogen-bond acceptors (Lipinski definition) is 6. The number of methoxy groups -OCH3 is 1. The number of hydrogen-bond donors (Lipinski definition) is 2. The summed E-state index contributed by atoms with van der Waals surface area (Å²) in [5.41, 5.74) is 6.27. The van der Waals surface area contributed by atoms with Crippen LogP contribution in [0.4, 0.5) is 0 Å². The quantitative estimate of drug-likeness (QED) is 0.496. The van der Waals surface area contributed by atoms with Gasteiger partial charge >= 0.3 is 0 Å². The predicted octanol–water partition coefficient (Wildman–Crippen LogP) is 4.93. The summed E-state index contributed by atoms with van der Waals surface area (Å²) in [5, 5.41) is 3.27. The second-order valence-corrected chi connectivity index (χ2v) is 11.0. The Hall–Kier alpha value is -3.05. The van der Waals surface area contributed by atoms with E-state index in [4.69, 9.17) is 10.5 Å². The molecule has 8 heteroatoms. The van der Waals surface area contributed by atoms with Crippen LogP contribution in [0.5, 0.6) is 5.75 Å². The normalized spacial score (nSPS) is 26.1. The SMILES string of the molecule is C#C.CC.CC(C)C1(C)C[C@H](NC(=O)C2C[C@@H]2CN2C(=O)CC(C)(C)N=C2N)c2ccccc2O1.CCOC. The van der Waals surface area contributed by atoms with Gasteiger partial charge < -0.3 is 20.5 Å². The van der Waals surface area contributed by atoms with E-state index < -0.39 is 5.54 Å². The molecule has 8 nitrogen and oxygen atoms in total. The third kappa shape index (κ3) is 8.99. The van der Waals surface area contributed by atoms with Gasteiger partial charge in [-0.15, -0.1) is 12.8 Å². The molecular weight excluding hydrogens is 492 g/mol. The van der Waals surface area contributed by atoms with Crippen LogP contribution < -0.4 is 15.8 Å². The number of terminal acetylenes is 1. The first kappa shape index (κ1) is 34.0. The number of guanidine groups is 1. The van der Waals surface area contributed by atoms with Crippen LogP contribution in [0.15, 0.2) is 29.3 Å². The summed E-state index contributed by atoms with van der Waals surface area (Å²) in [6.07, 6.45) is 9.83. The molecule has 4 atom stereocenters. The van der Waals surface area contributed by atoms with E-state index in [1.165, 1.54) is 0 Å². The Kier molecular flexibility index (Phi) is 13.0. The first-order chi connectivity index (χ1) is 18.4. The number of nitrogens with one attached hydrogen (secondary N) is 1. The zero-order valence-corrected chi connectivity index (χ0v) is 25.4. The highest BCUT2D eigenvalue weighted by Gasteiger charge is 2.48. The lowest BCUT2D eigenvalue weighted by Crippen LogP contribution is -2.50. The first-order valence-electron chi connectivity index (χ1n) is 14.0. The molecule has 0 aromatic heterocycles. The summed E-state index contributed by atoms with van der Waals surface area (Å²) in [7, 11) is 1.68. The van der Waals surface area contributed by atoms with Crippen molar-refractivity contribution in [1.82, 2.24) is 10.2 Å². The average Bonchev–Trinajstić information content (AvgIpc) is 3.68. The van der Waals surface area contributed by atoms with Crippen LogP contribution in [0.25, 0.3) is 0 Å². The number of ether oxygens (including phenoxy) is 2. The molecule has 3 N–H and O–H groups in total. The number of fused-ring (bicyclic) bond motifs is 1. The zero-order valence-electron chi connectivity index (χ0n) is 25.4. The molecule has 39 heavy (non-hydrogen) atoms. The van der Waals surface area contributed by atoms with E-state index in [1.807, 2.05) is 58.9 Å². The number of amides is 2. The molecule has 2 aliphatic heterocycles. The van der Waals surface area contributed by atoms with E-state index in [-0.39, 0.29) is 41.3 Å². The molecule has 0 spiro atoms. The third-order valence-electron chi connectivity index (χ3n) is 7.33. The molecule has 3 aliphatic rings. The molecule has 2 heterocycles. The maximum absolute atomic E-state index is 13.1. The van der Waals surface area contributed by atoms with Crippen molar-refractivity contribution in [3.63, 3.8) is 0 Å². The number of nitrogens with two attached hydrogens (primary N) is 1. The van der Waals surface area contributed by atoms with Gasteiger partial charge in [0, 0.05) is 38.2 Å². The molecule has 218 valence electrons. The predicted molar refractivity (Wildman–Crippen MR) is 158 cm³/mol. The second kappa shape index (κ2) is 14.9. The average molecular weight is 543 g/mol. The van der Waals surface area contributed by atoms with E-state index in [2.05, 4.69) is 48.7 Å². The van der Waals surface area contributed by atoms with Gasteiger partial charge in [0.2, 0.25) is 11.8 Å². The van der Waals surface area contributed by atoms with Crippen molar-refractivity contribution < 1.29 is 19.1 Å². The molecule has 4 rings (SSSR count). The van der Waals surface area contributed by atoms with Crippen molar-refractivity contribution in [3.05, 3.63) is 29.8 Å². The Bertz CT molecular complexity index is 1000. The van der Waals surface area contributed by atoms with Gasteiger partial charge in [0.05, 0.1) is 18.0 Å². The molecular formula is C31H50N4O4. The van der Waals surface area contributed by atoms with Gasteiger partial charge in [0.25, 0.3) is 0 Å². The van der Waals surface area contributed by atoms with Crippen molar-refractivity contribution in [3.8, 4) is 18.6 Å². The summed E-state index contributed by atoms with van der Waals surface area (Å²) in [5.74, 6) is 1.45. The highest BCUT2D eigenvalue weighted by atomic mass is 16.5. The number of nitrogens with zero attached hydrogens (tertiary/aromatic N) is 2. The van der Waals surface area contributed by atoms with Crippen LogP contribution in [0.3, 0.4) is 0 Å². The summed E-state index contributed by atoms with van der Waals surface area (Å²) >= 11 is 0. The Labute approximate surface area is 236 Å². The van der Waals surface area contributed by atoms with Crippen LogP contribution in [0, 0.1) is 30.6 Å². The smallest absolute Gasteiger partial charge is 0.231 e. The fourth-order valence-electron chi connectivity index (χ4n) is 4.63. The van der Waals surface area contributed by atoms with Crippen molar-refractivity contribution in [2.24, 2.45) is 28.5 Å². The second-order valence-electron chi connectivity index (χ2n) is 11.0. The van der Waals surface area contributed by atoms with Crippen LogP contribution in [-0.4, -0.2) is 54.1 Å². The fraction of sp³-hybridized carbons (Fsp3) is 0.645. The Morgan fingerprint density at radius 2 is 1.85 bits per heavy atom. The highest BCUT2D eigenvalue weighted by molar-refractivity contribution is 5.99. The van der Waals surface area contributed by atoms with Crippen molar-refractivity contribution >= 4 is 17.8 Å². The number of aliphatic imine (C=N–C) groups is 1. The molecule has 1 aromatic carbocycles. The van der Waals surface area contributed by atoms with Crippen molar-refractivity contribution in [2.45, 2.75) is 91.8 Å². The monoisotopic (exact) mass is 542 g/mol. The molecule has 0 bridgehead atoms. The number of carbonyl (C=O) groups excluding carboxylic acids is 2. The van der Waals surface area contributed by atoms with Crippen LogP contribution in [0.2, 0.25) is 0 Å². The summed E-state index contributed by atoms with van der Waals surface area (Å²) in [4.78, 5) is 31.5. The van der Waals surface area contributed by atoms with E-state index >= 15 is 0 Å². The number of carbonyl (C=O) groups is 2. The molecule has 0 saturated heterocycles. The Balaban J connectivity index is 0.000000856. The standard InChI is InChI=1S/C24H34N4O3.C3H8O.C2H6.C2H2/c1-14(2)24(5)11-18(16-8-6-7-9-19(16)31-24)26-21(30)17-10-15(17)13-28-20(29)12-23(3,4)27-22(28)25;1-3-4-2;2*1-2/h6-9,14-15,17-18H,10-13H2,1-5H3,(H2,25,27)(H,26,30);3H2,1-2H3;1-2H3;1-2H/t15-,17?,18+,24?;;;/m1.../s1. The number of benzene rings is 1. The summed E-state index contributed by atoms with van der Waals surface area (Å²) < 4.78 is 10.8. The lowest BCUT2D eigenvalue weighted by molar-refractivity contribution is -0.130. The minimum Gasteiger partial charge on any atom is -0.487 e. The number of para-hydroxylation sites is 1. The molecule has 1 fully saturated rings. The Morgan fingerprint density at radius 3 is 2.38 bits per heavy atom. The van der Waals surface area contributed by atoms with Gasteiger partial charge in [0.1, 0.15) is 11.4 Å². The molecule has 2 unspecified atom stereocenters. The third-order valence-corrected chi connectivity index (χ3v) is 7.33. The van der Waals surface area contributed by atoms with Crippen LogP contribution >= 0.6 is 0 Å². The Morgan fingerprint density at radius 1 is 1.26 bits per heavy atom.